The van der Waals surface area contributed by atoms with Gasteiger partial charge in [0.05, 0.1) is 11.1 Å². The van der Waals surface area contributed by atoms with Gasteiger partial charge < -0.3 is 21.7 Å². The third-order valence-electron chi connectivity index (χ3n) is 9.75. The molecule has 2 fully saturated rings. The maximum atomic E-state index is 10.8. The Bertz CT molecular complexity index is 1630. The molecule has 0 bridgehead atoms. The Hall–Kier alpha value is -3.68. The van der Waals surface area contributed by atoms with Gasteiger partial charge in [-0.25, -0.2) is 9.59 Å². The summed E-state index contributed by atoms with van der Waals surface area (Å²) >= 11 is 12.3. The molecule has 4 aromatic rings. The van der Waals surface area contributed by atoms with Gasteiger partial charge in [0, 0.05) is 22.1 Å². The minimum absolute atomic E-state index is 0.159. The van der Waals surface area contributed by atoms with Crippen molar-refractivity contribution in [3.05, 3.63) is 140 Å². The van der Waals surface area contributed by atoms with E-state index in [4.69, 9.17) is 44.9 Å². The Morgan fingerprint density at radius 3 is 1.10 bits per heavy atom. The van der Waals surface area contributed by atoms with Gasteiger partial charge in [0.25, 0.3) is 0 Å². The summed E-state index contributed by atoms with van der Waals surface area (Å²) in [5.41, 5.74) is 16.9. The van der Waals surface area contributed by atoms with E-state index in [0.717, 1.165) is 24.0 Å². The zero-order valence-electron chi connectivity index (χ0n) is 31.7. The van der Waals surface area contributed by atoms with Crippen LogP contribution in [0.2, 0.25) is 10.0 Å². The summed E-state index contributed by atoms with van der Waals surface area (Å²) in [6.07, 6.45) is 2.30. The van der Waals surface area contributed by atoms with Crippen molar-refractivity contribution in [1.82, 2.24) is 0 Å². The van der Waals surface area contributed by atoms with Crippen LogP contribution in [0.15, 0.2) is 97.1 Å². The van der Waals surface area contributed by atoms with E-state index in [0.29, 0.717) is 44.5 Å². The van der Waals surface area contributed by atoms with Crippen molar-refractivity contribution in [3.8, 4) is 0 Å². The molecule has 2 saturated carbocycles. The molecule has 0 heterocycles. The van der Waals surface area contributed by atoms with E-state index in [1.807, 2.05) is 86.6 Å². The minimum atomic E-state index is -0.929. The van der Waals surface area contributed by atoms with Crippen LogP contribution in [0.25, 0.3) is 0 Å². The first-order valence-corrected chi connectivity index (χ1v) is 18.6. The predicted molar refractivity (Wildman–Crippen MR) is 216 cm³/mol. The molecule has 0 radical (unpaired) electrons. The fraction of sp³-hybridized carbons (Fsp3) is 0.409. The summed E-state index contributed by atoms with van der Waals surface area (Å²) in [6.45, 7) is 17.4. The molecule has 0 amide bonds. The number of hydrogen-bond donors (Lipinski definition) is 4. The second kappa shape index (κ2) is 18.4. The van der Waals surface area contributed by atoms with E-state index in [1.54, 1.807) is 24.3 Å². The van der Waals surface area contributed by atoms with E-state index in [1.165, 1.54) is 11.1 Å². The van der Waals surface area contributed by atoms with Gasteiger partial charge in [0.2, 0.25) is 0 Å². The molecule has 6 N–H and O–H groups in total. The van der Waals surface area contributed by atoms with Crippen molar-refractivity contribution in [1.29, 1.82) is 0 Å². The van der Waals surface area contributed by atoms with Crippen molar-refractivity contribution < 1.29 is 19.8 Å². The van der Waals surface area contributed by atoms with Crippen LogP contribution in [0, 0.1) is 22.7 Å². The Morgan fingerprint density at radius 1 is 0.596 bits per heavy atom. The lowest BCUT2D eigenvalue weighted by Gasteiger charge is -2.18. The lowest BCUT2D eigenvalue weighted by molar-refractivity contribution is 0.0686. The van der Waals surface area contributed by atoms with Crippen LogP contribution < -0.4 is 11.5 Å². The molecular formula is C44H56Cl2N2O4. The average molecular weight is 748 g/mol. The fourth-order valence-electron chi connectivity index (χ4n) is 6.43. The topological polar surface area (TPSA) is 127 Å². The van der Waals surface area contributed by atoms with Gasteiger partial charge in [0.1, 0.15) is 0 Å². The molecule has 6 atom stereocenters. The standard InChI is InChI=1S/2C14H17ClO2.2C8H11N/c2*1-14(2,3)11-7-10(11)9-5-4-8(13(16)17)6-12(9)15;2*1-7(9)8-5-3-2-4-6-8/h2*4-6,10-11H,7H2,1-3H3,(H,16,17);2*2-7H,9H2,1H3/t2*10-,11+;2*7-/m0000/s1. The summed E-state index contributed by atoms with van der Waals surface area (Å²) in [5.74, 6) is 0.422. The smallest absolute Gasteiger partial charge is 0.335 e. The maximum absolute atomic E-state index is 10.8. The Kier molecular flexibility index (Phi) is 15.1. The maximum Gasteiger partial charge on any atom is 0.335 e. The van der Waals surface area contributed by atoms with E-state index in [-0.39, 0.29) is 23.2 Å². The molecule has 0 unspecified atom stereocenters. The fourth-order valence-corrected chi connectivity index (χ4v) is 7.07. The molecular weight excluding hydrogens is 691 g/mol. The highest BCUT2D eigenvalue weighted by atomic mass is 35.5. The molecule has 0 aromatic heterocycles. The number of rotatable bonds is 6. The first-order valence-electron chi connectivity index (χ1n) is 17.9. The first kappa shape index (κ1) is 42.7. The van der Waals surface area contributed by atoms with Gasteiger partial charge in [0.15, 0.2) is 0 Å². The number of benzene rings is 4. The molecule has 8 heteroatoms. The third kappa shape index (κ3) is 12.8. The van der Waals surface area contributed by atoms with Gasteiger partial charge in [-0.1, -0.05) is 138 Å². The molecule has 0 aliphatic heterocycles. The van der Waals surface area contributed by atoms with Crippen molar-refractivity contribution in [2.24, 2.45) is 34.1 Å². The number of carboxylic acids is 2. The van der Waals surface area contributed by atoms with Crippen molar-refractivity contribution in [2.45, 2.75) is 92.2 Å². The zero-order chi connectivity index (χ0) is 39.0. The molecule has 0 spiro atoms. The van der Waals surface area contributed by atoms with Crippen molar-refractivity contribution >= 4 is 35.1 Å². The number of aromatic carboxylic acids is 2. The van der Waals surface area contributed by atoms with Gasteiger partial charge in [-0.05, 0) is 108 Å². The SMILES string of the molecule is CC(C)(C)[C@@H]1C[C@H]1c1ccc(C(=O)O)cc1Cl.CC(C)(C)[C@@H]1C[C@H]1c1ccc(C(=O)O)cc1Cl.C[C@H](N)c1ccccc1.C[C@H](N)c1ccccc1. The van der Waals surface area contributed by atoms with Crippen LogP contribution in [0.4, 0.5) is 0 Å². The molecule has 6 rings (SSSR count). The lowest BCUT2D eigenvalue weighted by atomic mass is 9.87. The second-order valence-electron chi connectivity index (χ2n) is 16.1. The van der Waals surface area contributed by atoms with Crippen molar-refractivity contribution in [3.63, 3.8) is 0 Å². The van der Waals surface area contributed by atoms with Gasteiger partial charge >= 0.3 is 11.9 Å². The third-order valence-corrected chi connectivity index (χ3v) is 10.4. The highest BCUT2D eigenvalue weighted by molar-refractivity contribution is 6.32. The predicted octanol–water partition coefficient (Wildman–Crippen LogP) is 11.8. The largest absolute Gasteiger partial charge is 0.478 e. The van der Waals surface area contributed by atoms with Gasteiger partial charge in [-0.15, -0.1) is 0 Å². The molecule has 280 valence electrons. The van der Waals surface area contributed by atoms with E-state index in [9.17, 15) is 9.59 Å². The highest BCUT2D eigenvalue weighted by Crippen LogP contribution is 2.58. The van der Waals surface area contributed by atoms with Crippen LogP contribution in [0.1, 0.15) is 135 Å². The molecule has 2 aliphatic carbocycles. The van der Waals surface area contributed by atoms with E-state index in [2.05, 4.69) is 41.5 Å². The Labute approximate surface area is 320 Å². The van der Waals surface area contributed by atoms with Crippen LogP contribution >= 0.6 is 23.2 Å². The molecule has 52 heavy (non-hydrogen) atoms. The minimum Gasteiger partial charge on any atom is -0.478 e. The summed E-state index contributed by atoms with van der Waals surface area (Å²) in [7, 11) is 0. The normalized spacial score (nSPS) is 19.9. The van der Waals surface area contributed by atoms with E-state index >= 15 is 0 Å². The average Bonchev–Trinajstić information content (AvgIpc) is 4.00. The number of carbonyl (C=O) groups is 2. The molecule has 2 aliphatic rings. The first-order chi connectivity index (χ1) is 24.2. The number of halogens is 2. The van der Waals surface area contributed by atoms with Crippen molar-refractivity contribution in [2.75, 3.05) is 0 Å². The van der Waals surface area contributed by atoms with Crippen LogP contribution in [0.5, 0.6) is 0 Å². The second-order valence-corrected chi connectivity index (χ2v) is 16.9. The summed E-state index contributed by atoms with van der Waals surface area (Å²) in [5, 5.41) is 18.9. The van der Waals surface area contributed by atoms with Gasteiger partial charge in [-0.3, -0.25) is 0 Å². The summed E-state index contributed by atoms with van der Waals surface area (Å²) in [6, 6.07) is 30.5. The number of nitrogens with two attached hydrogens (primary N) is 2. The number of carboxylic acid groups (broad SMARTS) is 2. The zero-order valence-corrected chi connectivity index (χ0v) is 33.2. The van der Waals surface area contributed by atoms with Crippen LogP contribution in [-0.4, -0.2) is 22.2 Å². The molecule has 4 aromatic carbocycles. The van der Waals surface area contributed by atoms with E-state index < -0.39 is 11.9 Å². The highest BCUT2D eigenvalue weighted by Gasteiger charge is 2.47. The summed E-state index contributed by atoms with van der Waals surface area (Å²) in [4.78, 5) is 21.6. The number of hydrogen-bond acceptors (Lipinski definition) is 4. The molecule has 0 saturated heterocycles. The Morgan fingerprint density at radius 2 is 0.904 bits per heavy atom. The lowest BCUT2D eigenvalue weighted by Crippen LogP contribution is -2.09. The van der Waals surface area contributed by atoms with Crippen LogP contribution in [0.3, 0.4) is 0 Å². The monoisotopic (exact) mass is 746 g/mol. The van der Waals surface area contributed by atoms with Gasteiger partial charge in [-0.2, -0.15) is 0 Å². The molecule has 6 nitrogen and oxygen atoms in total. The van der Waals surface area contributed by atoms with Crippen LogP contribution in [-0.2, 0) is 0 Å². The quantitative estimate of drug-likeness (QED) is 0.156. The summed E-state index contributed by atoms with van der Waals surface area (Å²) < 4.78 is 0. The Balaban J connectivity index is 0.000000195.